The maximum Gasteiger partial charge on any atom is 0.221 e. The predicted octanol–water partition coefficient (Wildman–Crippen LogP) is 3.53. The molecule has 0 amide bonds. The van der Waals surface area contributed by atoms with Crippen LogP contribution in [0.15, 0.2) is 30.3 Å². The van der Waals surface area contributed by atoms with E-state index < -0.39 is 0 Å². The Balaban J connectivity index is 1.94. The van der Waals surface area contributed by atoms with Gasteiger partial charge < -0.3 is 4.74 Å². The predicted molar refractivity (Wildman–Crippen MR) is 65.4 cm³/mol. The molecule has 0 aromatic heterocycles. The molecule has 88 valence electrons. The lowest BCUT2D eigenvalue weighted by Crippen LogP contribution is -1.96. The van der Waals surface area contributed by atoms with Crippen LogP contribution in [-0.4, -0.2) is 11.8 Å². The van der Waals surface area contributed by atoms with Crippen LogP contribution in [0.25, 0.3) is 0 Å². The molecule has 1 aromatic rings. The third-order valence-corrected chi connectivity index (χ3v) is 2.46. The summed E-state index contributed by atoms with van der Waals surface area (Å²) in [5, 5.41) is -0.245. The topological polar surface area (TPSA) is 26.3 Å². The Morgan fingerprint density at radius 2 is 1.88 bits per heavy atom. The Morgan fingerprint density at radius 1 is 1.12 bits per heavy atom. The molecule has 0 aliphatic carbocycles. The molecular formula is C13H17ClO2. The molecule has 0 saturated carbocycles. The standard InChI is InChI=1S/C13H17ClO2/c14-13(15)9-5-2-6-10-16-11-12-7-3-1-4-8-12/h1,3-4,7-8H,2,5-6,9-11H2. The Labute approximate surface area is 102 Å². The van der Waals surface area contributed by atoms with Gasteiger partial charge in [0.05, 0.1) is 6.61 Å². The third kappa shape index (κ3) is 6.59. The van der Waals surface area contributed by atoms with Gasteiger partial charge in [-0.2, -0.15) is 0 Å². The number of hydrogen-bond donors (Lipinski definition) is 0. The van der Waals surface area contributed by atoms with Crippen molar-refractivity contribution < 1.29 is 9.53 Å². The lowest BCUT2D eigenvalue weighted by atomic mass is 10.2. The molecule has 0 radical (unpaired) electrons. The van der Waals surface area contributed by atoms with Crippen molar-refractivity contribution in [3.05, 3.63) is 35.9 Å². The Hall–Kier alpha value is -0.860. The zero-order valence-electron chi connectivity index (χ0n) is 9.32. The molecule has 16 heavy (non-hydrogen) atoms. The van der Waals surface area contributed by atoms with E-state index in [1.807, 2.05) is 30.3 Å². The summed E-state index contributed by atoms with van der Waals surface area (Å²) in [7, 11) is 0. The van der Waals surface area contributed by atoms with E-state index >= 15 is 0 Å². The van der Waals surface area contributed by atoms with E-state index in [0.717, 1.165) is 25.9 Å². The molecule has 3 heteroatoms. The van der Waals surface area contributed by atoms with Crippen molar-refractivity contribution in [1.29, 1.82) is 0 Å². The summed E-state index contributed by atoms with van der Waals surface area (Å²) in [4.78, 5) is 10.5. The van der Waals surface area contributed by atoms with E-state index in [1.54, 1.807) is 0 Å². The second-order valence-electron chi connectivity index (χ2n) is 3.70. The van der Waals surface area contributed by atoms with Crippen LogP contribution >= 0.6 is 11.6 Å². The van der Waals surface area contributed by atoms with Crippen molar-refractivity contribution in [3.63, 3.8) is 0 Å². The van der Waals surface area contributed by atoms with Gasteiger partial charge in [0, 0.05) is 13.0 Å². The molecule has 0 atom stereocenters. The van der Waals surface area contributed by atoms with E-state index in [2.05, 4.69) is 0 Å². The van der Waals surface area contributed by atoms with Gasteiger partial charge in [-0.05, 0) is 30.0 Å². The molecule has 0 spiro atoms. The average Bonchev–Trinajstić information content (AvgIpc) is 2.29. The van der Waals surface area contributed by atoms with Crippen LogP contribution in [0, 0.1) is 0 Å². The van der Waals surface area contributed by atoms with Crippen LogP contribution in [0.2, 0.25) is 0 Å². The number of hydrogen-bond acceptors (Lipinski definition) is 2. The lowest BCUT2D eigenvalue weighted by Gasteiger charge is -2.03. The number of benzene rings is 1. The second-order valence-corrected chi connectivity index (χ2v) is 4.13. The number of unbranched alkanes of at least 4 members (excludes halogenated alkanes) is 2. The fourth-order valence-electron chi connectivity index (χ4n) is 1.41. The largest absolute Gasteiger partial charge is 0.377 e. The first-order valence-electron chi connectivity index (χ1n) is 5.59. The molecule has 0 aliphatic rings. The minimum absolute atomic E-state index is 0.245. The van der Waals surface area contributed by atoms with Crippen molar-refractivity contribution in [2.45, 2.75) is 32.3 Å². The SMILES string of the molecule is O=C(Cl)CCCCCOCc1ccccc1. The van der Waals surface area contributed by atoms with Crippen molar-refractivity contribution in [3.8, 4) is 0 Å². The van der Waals surface area contributed by atoms with E-state index in [9.17, 15) is 4.79 Å². The quantitative estimate of drug-likeness (QED) is 0.513. The maximum absolute atomic E-state index is 10.5. The summed E-state index contributed by atoms with van der Waals surface area (Å²) in [5.74, 6) is 0. The van der Waals surface area contributed by atoms with Crippen LogP contribution in [0.5, 0.6) is 0 Å². The van der Waals surface area contributed by atoms with E-state index in [1.165, 1.54) is 5.56 Å². The summed E-state index contributed by atoms with van der Waals surface area (Å²) in [6.45, 7) is 1.40. The zero-order valence-corrected chi connectivity index (χ0v) is 10.1. The highest BCUT2D eigenvalue weighted by atomic mass is 35.5. The van der Waals surface area contributed by atoms with Gasteiger partial charge in [0.15, 0.2) is 0 Å². The van der Waals surface area contributed by atoms with Crippen molar-refractivity contribution in [1.82, 2.24) is 0 Å². The highest BCUT2D eigenvalue weighted by Gasteiger charge is 1.96. The number of carbonyl (C=O) groups is 1. The minimum Gasteiger partial charge on any atom is -0.377 e. The van der Waals surface area contributed by atoms with Gasteiger partial charge in [-0.1, -0.05) is 36.8 Å². The summed E-state index contributed by atoms with van der Waals surface area (Å²) >= 11 is 5.23. The summed E-state index contributed by atoms with van der Waals surface area (Å²) in [5.41, 5.74) is 1.19. The first-order valence-corrected chi connectivity index (χ1v) is 5.97. The fraction of sp³-hybridized carbons (Fsp3) is 0.462. The molecule has 1 rings (SSSR count). The van der Waals surface area contributed by atoms with Crippen molar-refractivity contribution in [2.24, 2.45) is 0 Å². The van der Waals surface area contributed by atoms with Gasteiger partial charge >= 0.3 is 0 Å². The van der Waals surface area contributed by atoms with Crippen molar-refractivity contribution in [2.75, 3.05) is 6.61 Å². The minimum atomic E-state index is -0.245. The van der Waals surface area contributed by atoms with Gasteiger partial charge in [-0.15, -0.1) is 0 Å². The summed E-state index contributed by atoms with van der Waals surface area (Å²) in [6, 6.07) is 10.1. The number of ether oxygens (including phenoxy) is 1. The zero-order chi connectivity index (χ0) is 11.6. The first kappa shape index (κ1) is 13.2. The third-order valence-electron chi connectivity index (χ3n) is 2.27. The van der Waals surface area contributed by atoms with Gasteiger partial charge in [-0.25, -0.2) is 0 Å². The van der Waals surface area contributed by atoms with Gasteiger partial charge in [0.2, 0.25) is 5.24 Å². The normalized spacial score (nSPS) is 10.3. The summed E-state index contributed by atoms with van der Waals surface area (Å²) < 4.78 is 5.51. The Bertz CT molecular complexity index is 298. The van der Waals surface area contributed by atoms with Crippen LogP contribution in [0.1, 0.15) is 31.2 Å². The second kappa shape index (κ2) is 8.31. The molecule has 0 unspecified atom stereocenters. The molecular weight excluding hydrogens is 224 g/mol. The van der Waals surface area contributed by atoms with Gasteiger partial charge in [0.25, 0.3) is 0 Å². The van der Waals surface area contributed by atoms with Crippen LogP contribution < -0.4 is 0 Å². The fourth-order valence-corrected chi connectivity index (χ4v) is 1.54. The van der Waals surface area contributed by atoms with Crippen LogP contribution in [0.4, 0.5) is 0 Å². The Morgan fingerprint density at radius 3 is 2.56 bits per heavy atom. The van der Waals surface area contributed by atoms with Crippen LogP contribution in [0.3, 0.4) is 0 Å². The van der Waals surface area contributed by atoms with Crippen LogP contribution in [-0.2, 0) is 16.1 Å². The van der Waals surface area contributed by atoms with Crippen molar-refractivity contribution >= 4 is 16.8 Å². The molecule has 0 bridgehead atoms. The maximum atomic E-state index is 10.5. The molecule has 0 saturated heterocycles. The molecule has 0 heterocycles. The molecule has 0 aliphatic heterocycles. The molecule has 1 aromatic carbocycles. The first-order chi connectivity index (χ1) is 7.79. The highest BCUT2D eigenvalue weighted by molar-refractivity contribution is 6.63. The number of carbonyl (C=O) groups excluding carboxylic acids is 1. The monoisotopic (exact) mass is 240 g/mol. The van der Waals surface area contributed by atoms with E-state index in [4.69, 9.17) is 16.3 Å². The van der Waals surface area contributed by atoms with Gasteiger partial charge in [-0.3, -0.25) is 4.79 Å². The van der Waals surface area contributed by atoms with E-state index in [-0.39, 0.29) is 5.24 Å². The average molecular weight is 241 g/mol. The number of rotatable bonds is 8. The number of halogens is 1. The highest BCUT2D eigenvalue weighted by Crippen LogP contribution is 2.04. The Kier molecular flexibility index (Phi) is 6.86. The lowest BCUT2D eigenvalue weighted by molar-refractivity contribution is -0.111. The molecule has 2 nitrogen and oxygen atoms in total. The molecule has 0 fully saturated rings. The van der Waals surface area contributed by atoms with E-state index in [0.29, 0.717) is 13.0 Å². The molecule has 0 N–H and O–H groups in total. The van der Waals surface area contributed by atoms with Gasteiger partial charge in [0.1, 0.15) is 0 Å². The smallest absolute Gasteiger partial charge is 0.221 e. The summed E-state index contributed by atoms with van der Waals surface area (Å²) in [6.07, 6.45) is 3.31.